The van der Waals surface area contributed by atoms with E-state index in [2.05, 4.69) is 20.1 Å². The van der Waals surface area contributed by atoms with Crippen LogP contribution in [0.4, 0.5) is 0 Å². The fourth-order valence-corrected chi connectivity index (χ4v) is 5.56. The van der Waals surface area contributed by atoms with Gasteiger partial charge in [0.05, 0.1) is 16.8 Å². The summed E-state index contributed by atoms with van der Waals surface area (Å²) >= 11 is 1.39. The Balaban J connectivity index is 1.60. The topological polar surface area (TPSA) is 93.9 Å². The molecule has 7 nitrogen and oxygen atoms in total. The second kappa shape index (κ2) is 6.80. The standard InChI is InChI=1S/C14H22N4O3S2/c1-10(13(19)15-11-6-8-23(20,21)9-11)22-14-17-16-12-5-3-2-4-7-18(12)14/h10-11H,2-9H2,1H3,(H,15,19)/t10-,11+/m0/s1. The Morgan fingerprint density at radius 2 is 2.17 bits per heavy atom. The van der Waals surface area contributed by atoms with Crippen molar-refractivity contribution < 1.29 is 13.2 Å². The molecule has 1 amide bonds. The molecule has 1 aromatic heterocycles. The summed E-state index contributed by atoms with van der Waals surface area (Å²) < 4.78 is 25.0. The molecule has 0 radical (unpaired) electrons. The Hall–Kier alpha value is -1.09. The fourth-order valence-electron chi connectivity index (χ4n) is 2.98. The minimum absolute atomic E-state index is 0.0520. The van der Waals surface area contributed by atoms with Gasteiger partial charge in [-0.1, -0.05) is 18.2 Å². The van der Waals surface area contributed by atoms with Gasteiger partial charge in [0.25, 0.3) is 0 Å². The number of nitrogens with one attached hydrogen (secondary N) is 1. The van der Waals surface area contributed by atoms with Crippen molar-refractivity contribution in [2.24, 2.45) is 0 Å². The number of carbonyl (C=O) groups is 1. The number of hydrogen-bond acceptors (Lipinski definition) is 6. The van der Waals surface area contributed by atoms with Crippen molar-refractivity contribution in [1.82, 2.24) is 20.1 Å². The first-order chi connectivity index (χ1) is 10.9. The van der Waals surface area contributed by atoms with Crippen molar-refractivity contribution in [2.75, 3.05) is 11.5 Å². The molecule has 1 fully saturated rings. The number of amides is 1. The van der Waals surface area contributed by atoms with Crippen molar-refractivity contribution >= 4 is 27.5 Å². The van der Waals surface area contributed by atoms with Crippen molar-refractivity contribution in [3.05, 3.63) is 5.82 Å². The van der Waals surface area contributed by atoms with E-state index in [4.69, 9.17) is 0 Å². The van der Waals surface area contributed by atoms with E-state index in [9.17, 15) is 13.2 Å². The maximum atomic E-state index is 12.3. The van der Waals surface area contributed by atoms with Crippen LogP contribution in [0.2, 0.25) is 0 Å². The zero-order chi connectivity index (χ0) is 16.4. The minimum atomic E-state index is -2.98. The number of nitrogens with zero attached hydrogens (tertiary/aromatic N) is 3. The zero-order valence-corrected chi connectivity index (χ0v) is 14.8. The first-order valence-electron chi connectivity index (χ1n) is 8.04. The van der Waals surface area contributed by atoms with E-state index in [1.54, 1.807) is 0 Å². The van der Waals surface area contributed by atoms with Gasteiger partial charge in [-0.05, 0) is 26.2 Å². The lowest BCUT2D eigenvalue weighted by Gasteiger charge is -2.15. The molecule has 23 heavy (non-hydrogen) atoms. The number of thioether (sulfide) groups is 1. The molecule has 3 rings (SSSR count). The molecule has 0 spiro atoms. The van der Waals surface area contributed by atoms with Gasteiger partial charge in [0.1, 0.15) is 5.82 Å². The number of aryl methyl sites for hydroxylation is 1. The number of fused-ring (bicyclic) bond motifs is 1. The smallest absolute Gasteiger partial charge is 0.233 e. The van der Waals surface area contributed by atoms with Crippen molar-refractivity contribution in [2.45, 2.75) is 62.0 Å². The Kier molecular flexibility index (Phi) is 4.96. The highest BCUT2D eigenvalue weighted by atomic mass is 32.2. The minimum Gasteiger partial charge on any atom is -0.351 e. The van der Waals surface area contributed by atoms with Gasteiger partial charge in [-0.15, -0.1) is 10.2 Å². The highest BCUT2D eigenvalue weighted by molar-refractivity contribution is 8.00. The first kappa shape index (κ1) is 16.8. The van der Waals surface area contributed by atoms with E-state index in [0.717, 1.165) is 36.8 Å². The quantitative estimate of drug-likeness (QED) is 0.800. The van der Waals surface area contributed by atoms with Crippen LogP contribution in [0.15, 0.2) is 5.16 Å². The fraction of sp³-hybridized carbons (Fsp3) is 0.786. The summed E-state index contributed by atoms with van der Waals surface area (Å²) in [6.45, 7) is 2.72. The molecule has 1 aromatic rings. The number of rotatable bonds is 4. The predicted octanol–water partition coefficient (Wildman–Crippen LogP) is 0.788. The van der Waals surface area contributed by atoms with Gasteiger partial charge < -0.3 is 9.88 Å². The average Bonchev–Trinajstić information content (AvgIpc) is 2.93. The number of sulfone groups is 1. The van der Waals surface area contributed by atoms with Crippen molar-refractivity contribution in [1.29, 1.82) is 0 Å². The van der Waals surface area contributed by atoms with E-state index < -0.39 is 9.84 Å². The summed E-state index contributed by atoms with van der Waals surface area (Å²) in [6, 6.07) is -0.258. The van der Waals surface area contributed by atoms with Crippen LogP contribution in [-0.2, 0) is 27.6 Å². The Morgan fingerprint density at radius 3 is 2.91 bits per heavy atom. The molecule has 3 heterocycles. The molecule has 0 unspecified atom stereocenters. The molecule has 128 valence electrons. The molecule has 0 aromatic carbocycles. The van der Waals surface area contributed by atoms with Crippen LogP contribution in [0.25, 0.3) is 0 Å². The Labute approximate surface area is 140 Å². The molecular weight excluding hydrogens is 336 g/mol. The third-order valence-electron chi connectivity index (χ3n) is 4.31. The summed E-state index contributed by atoms with van der Waals surface area (Å²) in [5, 5.41) is 11.7. The molecule has 0 bridgehead atoms. The summed E-state index contributed by atoms with van der Waals surface area (Å²) in [7, 11) is -2.98. The summed E-state index contributed by atoms with van der Waals surface area (Å²) in [4.78, 5) is 12.3. The molecular formula is C14H22N4O3S2. The van der Waals surface area contributed by atoms with Crippen molar-refractivity contribution in [3.63, 3.8) is 0 Å². The molecule has 0 aliphatic carbocycles. The van der Waals surface area contributed by atoms with Gasteiger partial charge in [-0.3, -0.25) is 4.79 Å². The average molecular weight is 358 g/mol. The van der Waals surface area contributed by atoms with Crippen LogP contribution in [0.5, 0.6) is 0 Å². The zero-order valence-electron chi connectivity index (χ0n) is 13.2. The van der Waals surface area contributed by atoms with E-state index in [1.807, 2.05) is 6.92 Å². The van der Waals surface area contributed by atoms with Gasteiger partial charge >= 0.3 is 0 Å². The SMILES string of the molecule is C[C@H](Sc1nnc2n1CCCCC2)C(=O)N[C@@H]1CCS(=O)(=O)C1. The molecule has 9 heteroatoms. The predicted molar refractivity (Wildman–Crippen MR) is 88.1 cm³/mol. The molecule has 2 aliphatic heterocycles. The van der Waals surface area contributed by atoms with Crippen molar-refractivity contribution in [3.8, 4) is 0 Å². The highest BCUT2D eigenvalue weighted by Crippen LogP contribution is 2.25. The van der Waals surface area contributed by atoms with Crippen LogP contribution < -0.4 is 5.32 Å². The van der Waals surface area contributed by atoms with Gasteiger partial charge in [0.2, 0.25) is 5.91 Å². The van der Waals surface area contributed by atoms with Crippen LogP contribution in [0.3, 0.4) is 0 Å². The normalized spacial score (nSPS) is 24.7. The van der Waals surface area contributed by atoms with E-state index in [0.29, 0.717) is 6.42 Å². The molecule has 2 atom stereocenters. The number of carbonyl (C=O) groups excluding carboxylic acids is 1. The Morgan fingerprint density at radius 1 is 1.35 bits per heavy atom. The summed E-state index contributed by atoms with van der Waals surface area (Å²) in [5.41, 5.74) is 0. The lowest BCUT2D eigenvalue weighted by molar-refractivity contribution is -0.120. The largest absolute Gasteiger partial charge is 0.351 e. The summed E-state index contributed by atoms with van der Waals surface area (Å²) in [6.07, 6.45) is 4.88. The highest BCUT2D eigenvalue weighted by Gasteiger charge is 2.30. The van der Waals surface area contributed by atoms with Gasteiger partial charge in [0.15, 0.2) is 15.0 Å². The third-order valence-corrected chi connectivity index (χ3v) is 7.15. The van der Waals surface area contributed by atoms with Gasteiger partial charge in [-0.2, -0.15) is 0 Å². The molecule has 1 saturated heterocycles. The lowest BCUT2D eigenvalue weighted by atomic mass is 10.2. The number of aromatic nitrogens is 3. The van der Waals surface area contributed by atoms with E-state index in [-0.39, 0.29) is 28.7 Å². The van der Waals surface area contributed by atoms with Crippen LogP contribution in [0.1, 0.15) is 38.4 Å². The number of hydrogen-bond donors (Lipinski definition) is 1. The monoisotopic (exact) mass is 358 g/mol. The van der Waals surface area contributed by atoms with E-state index >= 15 is 0 Å². The van der Waals surface area contributed by atoms with Crippen LogP contribution in [0, 0.1) is 0 Å². The van der Waals surface area contributed by atoms with Gasteiger partial charge in [-0.25, -0.2) is 8.42 Å². The lowest BCUT2D eigenvalue weighted by Crippen LogP contribution is -2.40. The van der Waals surface area contributed by atoms with Gasteiger partial charge in [0, 0.05) is 19.0 Å². The summed E-state index contributed by atoms with van der Waals surface area (Å²) in [5.74, 6) is 1.08. The maximum absolute atomic E-state index is 12.3. The third kappa shape index (κ3) is 4.06. The maximum Gasteiger partial charge on any atom is 0.233 e. The van der Waals surface area contributed by atoms with Crippen LogP contribution >= 0.6 is 11.8 Å². The van der Waals surface area contributed by atoms with Crippen LogP contribution in [-0.4, -0.2) is 51.9 Å². The van der Waals surface area contributed by atoms with E-state index in [1.165, 1.54) is 18.2 Å². The molecule has 0 saturated carbocycles. The second-order valence-electron chi connectivity index (χ2n) is 6.23. The first-order valence-corrected chi connectivity index (χ1v) is 10.7. The molecule has 2 aliphatic rings. The second-order valence-corrected chi connectivity index (χ2v) is 9.77. The molecule has 1 N–H and O–H groups in total. The Bertz CT molecular complexity index is 686.